The van der Waals surface area contributed by atoms with Crippen molar-refractivity contribution in [3.05, 3.63) is 42.0 Å². The molecule has 0 unspecified atom stereocenters. The van der Waals surface area contributed by atoms with Crippen LogP contribution in [0.4, 0.5) is 0 Å². The summed E-state index contributed by atoms with van der Waals surface area (Å²) in [7, 11) is -2.43. The van der Waals surface area contributed by atoms with Gasteiger partial charge in [-0.05, 0) is 38.2 Å². The Hall–Kier alpha value is -2.06. The minimum absolute atomic E-state index is 0.0601. The van der Waals surface area contributed by atoms with Crippen molar-refractivity contribution in [2.75, 3.05) is 7.05 Å². The van der Waals surface area contributed by atoms with E-state index < -0.39 is 15.9 Å². The van der Waals surface area contributed by atoms with Crippen LogP contribution in [0.5, 0.6) is 0 Å². The first kappa shape index (κ1) is 15.3. The lowest BCUT2D eigenvalue weighted by atomic mass is 10.2. The molecule has 2 rings (SSSR count). The van der Waals surface area contributed by atoms with Gasteiger partial charge in [-0.15, -0.1) is 0 Å². The van der Waals surface area contributed by atoms with Gasteiger partial charge >= 0.3 is 0 Å². The van der Waals surface area contributed by atoms with Gasteiger partial charge in [0.25, 0.3) is 15.9 Å². The molecule has 0 aliphatic rings. The fourth-order valence-corrected chi connectivity index (χ4v) is 2.41. The Labute approximate surface area is 122 Å². The van der Waals surface area contributed by atoms with Gasteiger partial charge in [0.1, 0.15) is 5.76 Å². The third-order valence-electron chi connectivity index (χ3n) is 2.80. The number of hydrogen-bond acceptors (Lipinski definition) is 5. The summed E-state index contributed by atoms with van der Waals surface area (Å²) in [5.74, 6) is 0.211. The Morgan fingerprint density at radius 2 is 2.10 bits per heavy atom. The SMILES string of the molecule is CNS(=O)(=O)c1ccc(C(=O)N[C@@H](C)Cc2ccco2)o1. The highest BCUT2D eigenvalue weighted by molar-refractivity contribution is 7.89. The number of rotatable bonds is 6. The first-order valence-electron chi connectivity index (χ1n) is 6.29. The smallest absolute Gasteiger partial charge is 0.287 e. The summed E-state index contributed by atoms with van der Waals surface area (Å²) >= 11 is 0. The molecule has 0 bridgehead atoms. The lowest BCUT2D eigenvalue weighted by molar-refractivity contribution is 0.0906. The Kier molecular flexibility index (Phi) is 4.49. The van der Waals surface area contributed by atoms with Crippen molar-refractivity contribution >= 4 is 15.9 Å². The second-order valence-corrected chi connectivity index (χ2v) is 6.30. The van der Waals surface area contributed by atoms with Gasteiger partial charge in [-0.3, -0.25) is 4.79 Å². The van der Waals surface area contributed by atoms with Crippen LogP contribution in [0.15, 0.2) is 44.5 Å². The Bertz CT molecular complexity index is 703. The number of carbonyl (C=O) groups excluding carboxylic acids is 1. The molecule has 7 nitrogen and oxygen atoms in total. The maximum absolute atomic E-state index is 12.0. The fraction of sp³-hybridized carbons (Fsp3) is 0.308. The van der Waals surface area contributed by atoms with Crippen LogP contribution in [-0.2, 0) is 16.4 Å². The summed E-state index contributed by atoms with van der Waals surface area (Å²) in [6, 6.07) is 5.95. The number of hydrogen-bond donors (Lipinski definition) is 2. The molecule has 1 atom stereocenters. The first-order valence-corrected chi connectivity index (χ1v) is 7.77. The lowest BCUT2D eigenvalue weighted by Gasteiger charge is -2.11. The highest BCUT2D eigenvalue weighted by atomic mass is 32.2. The summed E-state index contributed by atoms with van der Waals surface area (Å²) in [5.41, 5.74) is 0. The summed E-state index contributed by atoms with van der Waals surface area (Å²) < 4.78 is 35.4. The largest absolute Gasteiger partial charge is 0.469 e. The molecule has 0 saturated carbocycles. The van der Waals surface area contributed by atoms with E-state index in [2.05, 4.69) is 10.0 Å². The molecule has 2 heterocycles. The van der Waals surface area contributed by atoms with E-state index >= 15 is 0 Å². The number of furan rings is 2. The monoisotopic (exact) mass is 312 g/mol. The molecule has 21 heavy (non-hydrogen) atoms. The molecule has 2 aromatic rings. The highest BCUT2D eigenvalue weighted by Crippen LogP contribution is 2.13. The third kappa shape index (κ3) is 3.73. The van der Waals surface area contributed by atoms with Gasteiger partial charge < -0.3 is 14.2 Å². The van der Waals surface area contributed by atoms with Crippen LogP contribution in [0.3, 0.4) is 0 Å². The quantitative estimate of drug-likeness (QED) is 0.833. The number of sulfonamides is 1. The van der Waals surface area contributed by atoms with Gasteiger partial charge in [-0.1, -0.05) is 0 Å². The van der Waals surface area contributed by atoms with Crippen LogP contribution in [0.25, 0.3) is 0 Å². The molecular weight excluding hydrogens is 296 g/mol. The van der Waals surface area contributed by atoms with E-state index in [9.17, 15) is 13.2 Å². The molecule has 0 spiro atoms. The predicted octanol–water partition coefficient (Wildman–Crippen LogP) is 1.14. The standard InChI is InChI=1S/C13H16N2O5S/c1-9(8-10-4-3-7-19-10)15-13(16)11-5-6-12(20-11)21(17,18)14-2/h3-7,9,14H,8H2,1-2H3,(H,15,16)/t9-/m0/s1. The van der Waals surface area contributed by atoms with E-state index in [0.717, 1.165) is 5.76 Å². The topological polar surface area (TPSA) is 102 Å². The molecule has 0 saturated heterocycles. The van der Waals surface area contributed by atoms with Gasteiger partial charge in [0, 0.05) is 12.5 Å². The summed E-state index contributed by atoms with van der Waals surface area (Å²) in [5, 5.41) is 2.41. The van der Waals surface area contributed by atoms with Crippen molar-refractivity contribution in [3.63, 3.8) is 0 Å². The maximum atomic E-state index is 12.0. The van der Waals surface area contributed by atoms with Crippen LogP contribution >= 0.6 is 0 Å². The van der Waals surface area contributed by atoms with E-state index in [1.807, 2.05) is 13.0 Å². The Morgan fingerprint density at radius 1 is 1.33 bits per heavy atom. The summed E-state index contributed by atoms with van der Waals surface area (Å²) in [6.45, 7) is 1.81. The summed E-state index contributed by atoms with van der Waals surface area (Å²) in [6.07, 6.45) is 2.09. The predicted molar refractivity (Wildman–Crippen MR) is 74.3 cm³/mol. The zero-order valence-electron chi connectivity index (χ0n) is 11.6. The molecule has 2 N–H and O–H groups in total. The number of carbonyl (C=O) groups is 1. The van der Waals surface area contributed by atoms with Crippen molar-refractivity contribution in [1.82, 2.24) is 10.0 Å². The van der Waals surface area contributed by atoms with Gasteiger partial charge in [0.05, 0.1) is 6.26 Å². The van der Waals surface area contributed by atoms with Crippen molar-refractivity contribution < 1.29 is 22.0 Å². The zero-order valence-corrected chi connectivity index (χ0v) is 12.4. The van der Waals surface area contributed by atoms with E-state index in [-0.39, 0.29) is 16.9 Å². The second-order valence-electron chi connectivity index (χ2n) is 4.48. The van der Waals surface area contributed by atoms with Gasteiger partial charge in [0.2, 0.25) is 5.09 Å². The number of amides is 1. The average Bonchev–Trinajstić information content (AvgIpc) is 3.09. The van der Waals surface area contributed by atoms with Gasteiger partial charge in [0.15, 0.2) is 5.76 Å². The van der Waals surface area contributed by atoms with Crippen LogP contribution < -0.4 is 10.0 Å². The summed E-state index contributed by atoms with van der Waals surface area (Å²) in [4.78, 5) is 12.0. The maximum Gasteiger partial charge on any atom is 0.287 e. The first-order chi connectivity index (χ1) is 9.92. The van der Waals surface area contributed by atoms with Crippen LogP contribution in [0.2, 0.25) is 0 Å². The van der Waals surface area contributed by atoms with E-state index in [4.69, 9.17) is 8.83 Å². The molecular formula is C13H16N2O5S. The Morgan fingerprint density at radius 3 is 2.71 bits per heavy atom. The van der Waals surface area contributed by atoms with Crippen molar-refractivity contribution in [1.29, 1.82) is 0 Å². The van der Waals surface area contributed by atoms with Crippen LogP contribution in [0, 0.1) is 0 Å². The molecule has 1 amide bonds. The minimum Gasteiger partial charge on any atom is -0.469 e. The van der Waals surface area contributed by atoms with Gasteiger partial charge in [-0.2, -0.15) is 0 Å². The lowest BCUT2D eigenvalue weighted by Crippen LogP contribution is -2.33. The van der Waals surface area contributed by atoms with E-state index in [1.54, 1.807) is 12.3 Å². The van der Waals surface area contributed by atoms with Crippen molar-refractivity contribution in [2.24, 2.45) is 0 Å². The van der Waals surface area contributed by atoms with Gasteiger partial charge in [-0.25, -0.2) is 13.1 Å². The number of nitrogens with one attached hydrogen (secondary N) is 2. The van der Waals surface area contributed by atoms with Crippen LogP contribution in [-0.4, -0.2) is 27.4 Å². The van der Waals surface area contributed by atoms with Crippen LogP contribution in [0.1, 0.15) is 23.2 Å². The second kappa shape index (κ2) is 6.15. The Balaban J connectivity index is 2.00. The fourth-order valence-electron chi connectivity index (χ4n) is 1.76. The molecule has 0 radical (unpaired) electrons. The third-order valence-corrected chi connectivity index (χ3v) is 4.09. The van der Waals surface area contributed by atoms with E-state index in [1.165, 1.54) is 19.2 Å². The van der Waals surface area contributed by atoms with E-state index in [0.29, 0.717) is 6.42 Å². The minimum atomic E-state index is -3.69. The normalized spacial score (nSPS) is 13.0. The zero-order chi connectivity index (χ0) is 15.5. The molecule has 0 fully saturated rings. The average molecular weight is 312 g/mol. The van der Waals surface area contributed by atoms with Crippen molar-refractivity contribution in [2.45, 2.75) is 24.5 Å². The molecule has 8 heteroatoms. The molecule has 0 aliphatic heterocycles. The molecule has 2 aromatic heterocycles. The molecule has 114 valence electrons. The molecule has 0 aromatic carbocycles. The van der Waals surface area contributed by atoms with Crippen molar-refractivity contribution in [3.8, 4) is 0 Å². The highest BCUT2D eigenvalue weighted by Gasteiger charge is 2.20. The molecule has 0 aliphatic carbocycles.